The maximum atomic E-state index is 14.9. The van der Waals surface area contributed by atoms with Crippen LogP contribution in [0.5, 0.6) is 11.6 Å². The number of aromatic nitrogens is 6. The lowest BCUT2D eigenvalue weighted by Gasteiger charge is -2.10. The first-order valence-electron chi connectivity index (χ1n) is 13.1. The van der Waals surface area contributed by atoms with Gasteiger partial charge >= 0.3 is 11.9 Å². The Morgan fingerprint density at radius 2 is 1.89 bits per heavy atom. The van der Waals surface area contributed by atoms with Crippen LogP contribution < -0.4 is 9.88 Å². The maximum absolute atomic E-state index is 14.9. The van der Waals surface area contributed by atoms with Crippen LogP contribution in [-0.2, 0) is 22.9 Å². The average Bonchev–Trinajstić information content (AvgIpc) is 3.31. The van der Waals surface area contributed by atoms with Gasteiger partial charge in [-0.3, -0.25) is 0 Å². The Balaban J connectivity index is 1.51. The Kier molecular flexibility index (Phi) is 7.63. The van der Waals surface area contributed by atoms with Gasteiger partial charge < -0.3 is 14.9 Å². The molecule has 0 amide bonds. The number of rotatable bonds is 11. The van der Waals surface area contributed by atoms with Crippen LogP contribution in [0.1, 0.15) is 50.6 Å². The summed E-state index contributed by atoms with van der Waals surface area (Å²) in [6.07, 6.45) is 2.42. The summed E-state index contributed by atoms with van der Waals surface area (Å²) < 4.78 is 60.3. The fourth-order valence-electron chi connectivity index (χ4n) is 4.68. The summed E-state index contributed by atoms with van der Waals surface area (Å²) in [5.74, 6) is -5.12. The van der Waals surface area contributed by atoms with Crippen LogP contribution >= 0.6 is 11.3 Å². The number of aromatic carboxylic acids is 2. The van der Waals surface area contributed by atoms with Crippen molar-refractivity contribution < 1.29 is 41.7 Å². The summed E-state index contributed by atoms with van der Waals surface area (Å²) in [5, 5.41) is 39.4. The molecule has 5 aromatic rings. The molecule has 1 aliphatic carbocycles. The molecule has 18 heteroatoms. The van der Waals surface area contributed by atoms with Crippen molar-refractivity contribution in [1.29, 1.82) is 0 Å². The number of H-pyrrole nitrogens is 1. The Morgan fingerprint density at radius 3 is 2.53 bits per heavy atom. The van der Waals surface area contributed by atoms with E-state index in [4.69, 9.17) is 15.0 Å². The lowest BCUT2D eigenvalue weighted by Crippen LogP contribution is -2.14. The molecule has 5 N–H and O–H groups in total. The summed E-state index contributed by atoms with van der Waals surface area (Å²) in [4.78, 5) is 26.6. The Labute approximate surface area is 256 Å². The molecule has 3 heterocycles. The van der Waals surface area contributed by atoms with Crippen molar-refractivity contribution in [1.82, 2.24) is 30.2 Å². The third-order valence-corrected chi connectivity index (χ3v) is 8.75. The van der Waals surface area contributed by atoms with E-state index >= 15 is 0 Å². The van der Waals surface area contributed by atoms with Gasteiger partial charge in [-0.1, -0.05) is 16.4 Å². The Hall–Kier alpha value is -5.07. The van der Waals surface area contributed by atoms with E-state index in [2.05, 4.69) is 20.4 Å². The molecule has 0 radical (unpaired) electrons. The zero-order chi connectivity index (χ0) is 32.0. The molecular formula is C27H21F2N7O7S2. The smallest absolute Gasteiger partial charge is 0.359 e. The van der Waals surface area contributed by atoms with E-state index < -0.39 is 50.1 Å². The van der Waals surface area contributed by atoms with Crippen molar-refractivity contribution >= 4 is 33.3 Å². The minimum absolute atomic E-state index is 0.0381. The molecule has 0 unspecified atom stereocenters. The molecule has 6 rings (SSSR count). The minimum Gasteiger partial charge on any atom is -0.476 e. The summed E-state index contributed by atoms with van der Waals surface area (Å²) >= 11 is 1.04. The molecule has 232 valence electrons. The zero-order valence-electron chi connectivity index (χ0n) is 22.8. The average molecular weight is 658 g/mol. The summed E-state index contributed by atoms with van der Waals surface area (Å²) in [7, 11) is -4.31. The zero-order valence-corrected chi connectivity index (χ0v) is 24.4. The number of ether oxygens (including phenoxy) is 1. The molecule has 2 aromatic carbocycles. The number of thiazole rings is 1. The van der Waals surface area contributed by atoms with E-state index in [1.165, 1.54) is 28.3 Å². The second-order valence-corrected chi connectivity index (χ2v) is 12.6. The van der Waals surface area contributed by atoms with E-state index in [9.17, 15) is 37.0 Å². The number of aromatic amines is 1. The van der Waals surface area contributed by atoms with Crippen molar-refractivity contribution in [3.8, 4) is 28.0 Å². The lowest BCUT2D eigenvalue weighted by molar-refractivity contribution is 0.0678. The standard InChI is InChI=1S/C27H21F2N7O7S2/c28-16-5-4-14(10-20(16)43-24-23(26(39)40)32-35-33-24)22-15(7-13-3-6-21(17(29)8-13)45(30,41)42)19(9-12-1-2-12)36(34-22)27-31-18(11-44-27)25(37)38/h3-6,8,10-12H,1-2,7,9H2,(H,37,38)(H,39,40)(H2,30,41,42)(H,32,33,35). The first-order chi connectivity index (χ1) is 21.4. The van der Waals surface area contributed by atoms with Crippen LogP contribution in [-0.4, -0.2) is 60.7 Å². The van der Waals surface area contributed by atoms with Crippen LogP contribution in [0.3, 0.4) is 0 Å². The number of carboxylic acids is 2. The molecule has 0 saturated heterocycles. The molecule has 14 nitrogen and oxygen atoms in total. The Bertz CT molecular complexity index is 2090. The van der Waals surface area contributed by atoms with Gasteiger partial charge in [0.2, 0.25) is 20.8 Å². The number of benzene rings is 2. The lowest BCUT2D eigenvalue weighted by atomic mass is 9.96. The van der Waals surface area contributed by atoms with Gasteiger partial charge in [0.15, 0.2) is 17.3 Å². The third kappa shape index (κ3) is 6.15. The summed E-state index contributed by atoms with van der Waals surface area (Å²) in [5.41, 5.74) is 1.49. The molecular weight excluding hydrogens is 636 g/mol. The van der Waals surface area contributed by atoms with E-state index in [1.807, 2.05) is 0 Å². The number of carboxylic acid groups (broad SMARTS) is 2. The highest BCUT2D eigenvalue weighted by Gasteiger charge is 2.30. The van der Waals surface area contributed by atoms with E-state index in [0.29, 0.717) is 34.7 Å². The molecule has 1 saturated carbocycles. The van der Waals surface area contributed by atoms with Crippen molar-refractivity contribution in [3.63, 3.8) is 0 Å². The number of halogens is 2. The van der Waals surface area contributed by atoms with Crippen LogP contribution in [0.15, 0.2) is 46.7 Å². The van der Waals surface area contributed by atoms with Crippen LogP contribution in [0, 0.1) is 17.6 Å². The quantitative estimate of drug-likeness (QED) is 0.160. The second-order valence-electron chi connectivity index (χ2n) is 10.2. The number of nitrogens with one attached hydrogen (secondary N) is 1. The van der Waals surface area contributed by atoms with Gasteiger partial charge in [-0.2, -0.15) is 5.10 Å². The molecule has 45 heavy (non-hydrogen) atoms. The number of nitrogens with two attached hydrogens (primary N) is 1. The molecule has 0 bridgehead atoms. The first kappa shape index (κ1) is 30.0. The van der Waals surface area contributed by atoms with Crippen molar-refractivity contribution in [2.24, 2.45) is 11.1 Å². The van der Waals surface area contributed by atoms with Gasteiger partial charge in [0, 0.05) is 22.9 Å². The van der Waals surface area contributed by atoms with E-state index in [1.54, 1.807) is 0 Å². The summed E-state index contributed by atoms with van der Waals surface area (Å²) in [6.45, 7) is 0. The van der Waals surface area contributed by atoms with Crippen molar-refractivity contribution in [3.05, 3.63) is 81.6 Å². The van der Waals surface area contributed by atoms with Gasteiger partial charge in [0.05, 0.1) is 11.4 Å². The predicted octanol–water partition coefficient (Wildman–Crippen LogP) is 3.77. The number of nitrogens with zero attached hydrogens (tertiary/aromatic N) is 5. The van der Waals surface area contributed by atoms with Gasteiger partial charge in [-0.25, -0.2) is 46.7 Å². The SMILES string of the molecule is NS(=O)(=O)c1ccc(Cc2c(-c3ccc(F)c(Oc4nn[nH]c4C(=O)O)c3)nn(-c3nc(C(=O)O)cs3)c2CC2CC2)cc1F. The maximum Gasteiger partial charge on any atom is 0.359 e. The molecule has 3 aromatic heterocycles. The highest BCUT2D eigenvalue weighted by Crippen LogP contribution is 2.39. The van der Waals surface area contributed by atoms with Gasteiger partial charge in [-0.15, -0.1) is 11.3 Å². The number of primary sulfonamides is 1. The predicted molar refractivity (Wildman–Crippen MR) is 152 cm³/mol. The topological polar surface area (TPSA) is 216 Å². The molecule has 0 atom stereocenters. The largest absolute Gasteiger partial charge is 0.476 e. The fourth-order valence-corrected chi connectivity index (χ4v) is 6.04. The van der Waals surface area contributed by atoms with Gasteiger partial charge in [0.1, 0.15) is 10.7 Å². The molecule has 1 fully saturated rings. The Morgan fingerprint density at radius 1 is 1.11 bits per heavy atom. The van der Waals surface area contributed by atoms with Gasteiger partial charge in [-0.05, 0) is 61.1 Å². The normalized spacial score (nSPS) is 13.2. The van der Waals surface area contributed by atoms with E-state index in [0.717, 1.165) is 42.4 Å². The monoisotopic (exact) mass is 657 g/mol. The fraction of sp³-hybridized carbons (Fsp3) is 0.185. The van der Waals surface area contributed by atoms with Crippen molar-refractivity contribution in [2.45, 2.75) is 30.6 Å². The second kappa shape index (κ2) is 11.5. The third-order valence-electron chi connectivity index (χ3n) is 6.99. The minimum atomic E-state index is -4.31. The molecule has 1 aliphatic rings. The number of hydrogen-bond acceptors (Lipinski definition) is 10. The highest BCUT2D eigenvalue weighted by atomic mass is 32.2. The summed E-state index contributed by atoms with van der Waals surface area (Å²) in [6, 6.07) is 7.30. The van der Waals surface area contributed by atoms with Crippen LogP contribution in [0.25, 0.3) is 16.4 Å². The van der Waals surface area contributed by atoms with Crippen LogP contribution in [0.2, 0.25) is 0 Å². The molecule has 0 spiro atoms. The van der Waals surface area contributed by atoms with Crippen molar-refractivity contribution in [2.75, 3.05) is 0 Å². The molecule has 0 aliphatic heterocycles. The first-order valence-corrected chi connectivity index (χ1v) is 15.5. The van der Waals surface area contributed by atoms with Gasteiger partial charge in [0.25, 0.3) is 5.88 Å². The number of hydrogen-bond donors (Lipinski definition) is 4. The number of carbonyl (C=O) groups is 2. The highest BCUT2D eigenvalue weighted by molar-refractivity contribution is 7.89. The van der Waals surface area contributed by atoms with E-state index in [-0.39, 0.29) is 28.7 Å². The van der Waals surface area contributed by atoms with Crippen LogP contribution in [0.4, 0.5) is 8.78 Å². The number of sulfonamides is 1.